The highest BCUT2D eigenvalue weighted by Crippen LogP contribution is 2.17. The Morgan fingerprint density at radius 3 is 2.53 bits per heavy atom. The molecular formula is C12H21NO2S2. The van der Waals surface area contributed by atoms with Gasteiger partial charge in [-0.05, 0) is 30.7 Å². The van der Waals surface area contributed by atoms with Crippen molar-refractivity contribution in [2.75, 3.05) is 0 Å². The Hall–Kier alpha value is -0.390. The minimum atomic E-state index is -3.30. The van der Waals surface area contributed by atoms with E-state index >= 15 is 0 Å². The standard InChI is InChI=1S/C12H21NO2S2/c1-10(2)6-4-7-11(3)13-17(14,15)12-8-5-9-16-12/h5,8-11,13H,4,6-7H2,1-3H3. The molecule has 17 heavy (non-hydrogen) atoms. The van der Waals surface area contributed by atoms with E-state index in [0.717, 1.165) is 19.3 Å². The summed E-state index contributed by atoms with van der Waals surface area (Å²) in [7, 11) is -3.30. The Morgan fingerprint density at radius 2 is 2.00 bits per heavy atom. The molecule has 1 heterocycles. The molecule has 5 heteroatoms. The fourth-order valence-electron chi connectivity index (χ4n) is 1.63. The topological polar surface area (TPSA) is 46.2 Å². The van der Waals surface area contributed by atoms with Crippen molar-refractivity contribution in [3.8, 4) is 0 Å². The van der Waals surface area contributed by atoms with Gasteiger partial charge < -0.3 is 0 Å². The van der Waals surface area contributed by atoms with Crippen molar-refractivity contribution in [1.29, 1.82) is 0 Å². The fourth-order valence-corrected chi connectivity index (χ4v) is 3.92. The van der Waals surface area contributed by atoms with Gasteiger partial charge in [-0.15, -0.1) is 11.3 Å². The molecule has 0 spiro atoms. The van der Waals surface area contributed by atoms with E-state index in [-0.39, 0.29) is 6.04 Å². The zero-order valence-corrected chi connectivity index (χ0v) is 12.3. The molecule has 1 aromatic heterocycles. The molecule has 1 N–H and O–H groups in total. The van der Waals surface area contributed by atoms with Crippen LogP contribution in [-0.2, 0) is 10.0 Å². The number of rotatable bonds is 7. The molecule has 1 unspecified atom stereocenters. The van der Waals surface area contributed by atoms with Crippen molar-refractivity contribution in [2.24, 2.45) is 5.92 Å². The summed E-state index contributed by atoms with van der Waals surface area (Å²) in [6.45, 7) is 6.28. The maximum atomic E-state index is 11.9. The molecule has 98 valence electrons. The van der Waals surface area contributed by atoms with Crippen LogP contribution >= 0.6 is 11.3 Å². The molecule has 0 saturated heterocycles. The molecule has 1 rings (SSSR count). The number of hydrogen-bond donors (Lipinski definition) is 1. The number of sulfonamides is 1. The molecule has 0 aromatic carbocycles. The lowest BCUT2D eigenvalue weighted by Gasteiger charge is -2.13. The van der Waals surface area contributed by atoms with Gasteiger partial charge in [0.15, 0.2) is 0 Å². The highest BCUT2D eigenvalue weighted by atomic mass is 32.2. The first kappa shape index (κ1) is 14.7. The van der Waals surface area contributed by atoms with E-state index < -0.39 is 10.0 Å². The Kier molecular flexibility index (Phi) is 5.62. The van der Waals surface area contributed by atoms with Crippen LogP contribution in [0.3, 0.4) is 0 Å². The first-order chi connectivity index (χ1) is 7.92. The largest absolute Gasteiger partial charge is 0.250 e. The third-order valence-corrected chi connectivity index (χ3v) is 5.52. The summed E-state index contributed by atoms with van der Waals surface area (Å²) < 4.78 is 26.9. The molecule has 0 amide bonds. The summed E-state index contributed by atoms with van der Waals surface area (Å²) in [5.41, 5.74) is 0. The molecule has 1 atom stereocenters. The lowest BCUT2D eigenvalue weighted by Crippen LogP contribution is -2.32. The predicted octanol–water partition coefficient (Wildman–Crippen LogP) is 3.24. The van der Waals surface area contributed by atoms with E-state index in [1.807, 2.05) is 6.92 Å². The summed E-state index contributed by atoms with van der Waals surface area (Å²) in [5, 5.41) is 1.78. The number of thiophene rings is 1. The Bertz CT molecular complexity index is 410. The van der Waals surface area contributed by atoms with Crippen LogP contribution in [0.4, 0.5) is 0 Å². The van der Waals surface area contributed by atoms with E-state index in [1.54, 1.807) is 17.5 Å². The van der Waals surface area contributed by atoms with Crippen LogP contribution in [0.25, 0.3) is 0 Å². The van der Waals surface area contributed by atoms with Gasteiger partial charge >= 0.3 is 0 Å². The van der Waals surface area contributed by atoms with Gasteiger partial charge in [0.1, 0.15) is 4.21 Å². The van der Waals surface area contributed by atoms with Crippen molar-refractivity contribution >= 4 is 21.4 Å². The second-order valence-electron chi connectivity index (χ2n) is 4.78. The normalized spacial score (nSPS) is 14.1. The van der Waals surface area contributed by atoms with Crippen LogP contribution in [0.15, 0.2) is 21.7 Å². The molecule has 0 radical (unpaired) electrons. The van der Waals surface area contributed by atoms with Crippen molar-refractivity contribution in [2.45, 2.75) is 50.3 Å². The third-order valence-electron chi connectivity index (χ3n) is 2.53. The SMILES string of the molecule is CC(C)CCCC(C)NS(=O)(=O)c1cccs1. The zero-order chi connectivity index (χ0) is 12.9. The quantitative estimate of drug-likeness (QED) is 0.830. The van der Waals surface area contributed by atoms with Crippen LogP contribution in [0.5, 0.6) is 0 Å². The van der Waals surface area contributed by atoms with Gasteiger partial charge in [0.25, 0.3) is 0 Å². The number of hydrogen-bond acceptors (Lipinski definition) is 3. The second-order valence-corrected chi connectivity index (χ2v) is 7.67. The van der Waals surface area contributed by atoms with Crippen LogP contribution in [0.2, 0.25) is 0 Å². The average Bonchev–Trinajstić information content (AvgIpc) is 2.68. The Balaban J connectivity index is 2.43. The maximum Gasteiger partial charge on any atom is 0.250 e. The van der Waals surface area contributed by atoms with Crippen LogP contribution in [0, 0.1) is 5.92 Å². The zero-order valence-electron chi connectivity index (χ0n) is 10.6. The Labute approximate surface area is 108 Å². The first-order valence-corrected chi connectivity index (χ1v) is 8.34. The molecule has 3 nitrogen and oxygen atoms in total. The first-order valence-electron chi connectivity index (χ1n) is 5.97. The summed E-state index contributed by atoms with van der Waals surface area (Å²) in [6.07, 6.45) is 3.10. The smallest absolute Gasteiger partial charge is 0.208 e. The van der Waals surface area contributed by atoms with Crippen LogP contribution in [-0.4, -0.2) is 14.5 Å². The lowest BCUT2D eigenvalue weighted by molar-refractivity contribution is 0.489. The fraction of sp³-hybridized carbons (Fsp3) is 0.667. The average molecular weight is 275 g/mol. The van der Waals surface area contributed by atoms with E-state index in [2.05, 4.69) is 18.6 Å². The van der Waals surface area contributed by atoms with Crippen molar-refractivity contribution < 1.29 is 8.42 Å². The van der Waals surface area contributed by atoms with Gasteiger partial charge in [-0.1, -0.05) is 32.8 Å². The summed E-state index contributed by atoms with van der Waals surface area (Å²) in [5.74, 6) is 0.677. The maximum absolute atomic E-state index is 11.9. The van der Waals surface area contributed by atoms with Gasteiger partial charge in [0.05, 0.1) is 0 Å². The highest BCUT2D eigenvalue weighted by molar-refractivity contribution is 7.91. The molecular weight excluding hydrogens is 254 g/mol. The molecule has 0 aliphatic rings. The summed E-state index contributed by atoms with van der Waals surface area (Å²) in [6, 6.07) is 3.39. The van der Waals surface area contributed by atoms with Gasteiger partial charge in [0.2, 0.25) is 10.0 Å². The van der Waals surface area contributed by atoms with E-state index in [4.69, 9.17) is 0 Å². The van der Waals surface area contributed by atoms with Gasteiger partial charge in [0, 0.05) is 6.04 Å². The van der Waals surface area contributed by atoms with E-state index in [9.17, 15) is 8.42 Å². The minimum absolute atomic E-state index is 0.000787. The highest BCUT2D eigenvalue weighted by Gasteiger charge is 2.17. The minimum Gasteiger partial charge on any atom is -0.208 e. The van der Waals surface area contributed by atoms with Crippen LogP contribution in [0.1, 0.15) is 40.0 Å². The lowest BCUT2D eigenvalue weighted by atomic mass is 10.0. The van der Waals surface area contributed by atoms with Crippen molar-refractivity contribution in [3.05, 3.63) is 17.5 Å². The molecule has 0 bridgehead atoms. The molecule has 0 aliphatic carbocycles. The Morgan fingerprint density at radius 1 is 1.29 bits per heavy atom. The third kappa shape index (κ3) is 5.19. The van der Waals surface area contributed by atoms with E-state index in [0.29, 0.717) is 10.1 Å². The van der Waals surface area contributed by atoms with E-state index in [1.165, 1.54) is 11.3 Å². The van der Waals surface area contributed by atoms with Crippen LogP contribution < -0.4 is 4.72 Å². The van der Waals surface area contributed by atoms with Gasteiger partial charge in [-0.25, -0.2) is 13.1 Å². The summed E-state index contributed by atoms with van der Waals surface area (Å²) in [4.78, 5) is 0. The van der Waals surface area contributed by atoms with Crippen molar-refractivity contribution in [3.63, 3.8) is 0 Å². The monoisotopic (exact) mass is 275 g/mol. The van der Waals surface area contributed by atoms with Gasteiger partial charge in [-0.2, -0.15) is 0 Å². The molecule has 1 aromatic rings. The summed E-state index contributed by atoms with van der Waals surface area (Å²) >= 11 is 1.25. The second kappa shape index (κ2) is 6.52. The molecule has 0 aliphatic heterocycles. The predicted molar refractivity (Wildman–Crippen MR) is 72.8 cm³/mol. The number of nitrogens with one attached hydrogen (secondary N) is 1. The molecule has 0 saturated carbocycles. The molecule has 0 fully saturated rings. The van der Waals surface area contributed by atoms with Crippen molar-refractivity contribution in [1.82, 2.24) is 4.72 Å². The van der Waals surface area contributed by atoms with Gasteiger partial charge in [-0.3, -0.25) is 0 Å².